The highest BCUT2D eigenvalue weighted by molar-refractivity contribution is 5.77. The minimum atomic E-state index is -0.715. The molecule has 0 saturated carbocycles. The lowest BCUT2D eigenvalue weighted by Gasteiger charge is -2.11. The Hall–Kier alpha value is -1.39. The molecule has 0 fully saturated rings. The van der Waals surface area contributed by atoms with Crippen molar-refractivity contribution >= 4 is 11.0 Å². The summed E-state index contributed by atoms with van der Waals surface area (Å²) < 4.78 is 18.4. The molecule has 17 heavy (non-hydrogen) atoms. The van der Waals surface area contributed by atoms with Gasteiger partial charge in [-0.05, 0) is 24.3 Å². The van der Waals surface area contributed by atoms with Crippen molar-refractivity contribution in [2.45, 2.75) is 26.0 Å². The van der Waals surface area contributed by atoms with Crippen molar-refractivity contribution in [3.8, 4) is 0 Å². The second-order valence-electron chi connectivity index (χ2n) is 4.41. The van der Waals surface area contributed by atoms with E-state index in [0.717, 1.165) is 0 Å². The number of fused-ring (bicyclic) bond motifs is 1. The fraction of sp³-hybridized carbons (Fsp3) is 0.385. The summed E-state index contributed by atoms with van der Waals surface area (Å²) in [5.74, 6) is 0.151. The molecule has 2 rings (SSSR count). The number of aliphatic hydroxyl groups is 1. The topological polar surface area (TPSA) is 45.4 Å². The Labute approximate surface area is 99.2 Å². The summed E-state index contributed by atoms with van der Waals surface area (Å²) in [5.41, 5.74) is 0.588. The molecule has 2 aromatic rings. The number of aliphatic hydroxyl groups excluding tert-OH is 1. The Balaban J connectivity index is 2.18. The molecule has 1 aromatic carbocycles. The van der Waals surface area contributed by atoms with Gasteiger partial charge in [-0.25, -0.2) is 4.39 Å². The van der Waals surface area contributed by atoms with Gasteiger partial charge in [0.15, 0.2) is 0 Å². The van der Waals surface area contributed by atoms with Crippen LogP contribution in [-0.4, -0.2) is 17.7 Å². The van der Waals surface area contributed by atoms with Gasteiger partial charge in [0.25, 0.3) is 0 Å². The van der Waals surface area contributed by atoms with Crippen molar-refractivity contribution in [3.05, 3.63) is 35.8 Å². The van der Waals surface area contributed by atoms with Crippen molar-refractivity contribution in [3.63, 3.8) is 0 Å². The molecular formula is C13H16FNO2. The average molecular weight is 237 g/mol. The smallest absolute Gasteiger partial charge is 0.135 e. The Morgan fingerprint density at radius 1 is 1.35 bits per heavy atom. The SMILES string of the molecule is CC(C)NCC(O)c1cc2cc(F)ccc2o1. The second kappa shape index (κ2) is 4.85. The van der Waals surface area contributed by atoms with Crippen LogP contribution in [0.2, 0.25) is 0 Å². The first-order valence-electron chi connectivity index (χ1n) is 5.66. The third-order valence-electron chi connectivity index (χ3n) is 2.55. The van der Waals surface area contributed by atoms with Gasteiger partial charge in [-0.1, -0.05) is 13.8 Å². The van der Waals surface area contributed by atoms with Crippen LogP contribution < -0.4 is 5.32 Å². The van der Waals surface area contributed by atoms with Crippen molar-refractivity contribution < 1.29 is 13.9 Å². The molecule has 92 valence electrons. The zero-order valence-electron chi connectivity index (χ0n) is 9.90. The molecule has 4 heteroatoms. The summed E-state index contributed by atoms with van der Waals surface area (Å²) in [5, 5.41) is 13.7. The molecule has 1 unspecified atom stereocenters. The number of nitrogens with one attached hydrogen (secondary N) is 1. The molecule has 1 aromatic heterocycles. The van der Waals surface area contributed by atoms with Gasteiger partial charge in [0.2, 0.25) is 0 Å². The monoisotopic (exact) mass is 237 g/mol. The van der Waals surface area contributed by atoms with Crippen LogP contribution in [0, 0.1) is 5.82 Å². The second-order valence-corrected chi connectivity index (χ2v) is 4.41. The van der Waals surface area contributed by atoms with E-state index in [-0.39, 0.29) is 5.82 Å². The van der Waals surface area contributed by atoms with E-state index >= 15 is 0 Å². The van der Waals surface area contributed by atoms with Gasteiger partial charge >= 0.3 is 0 Å². The summed E-state index contributed by atoms with van der Waals surface area (Å²) in [7, 11) is 0. The van der Waals surface area contributed by atoms with E-state index in [1.54, 1.807) is 12.1 Å². The van der Waals surface area contributed by atoms with E-state index in [2.05, 4.69) is 5.32 Å². The molecule has 0 saturated heterocycles. The molecule has 1 atom stereocenters. The number of halogens is 1. The van der Waals surface area contributed by atoms with Gasteiger partial charge in [-0.2, -0.15) is 0 Å². The fourth-order valence-corrected chi connectivity index (χ4v) is 1.65. The number of hydrogen-bond acceptors (Lipinski definition) is 3. The van der Waals surface area contributed by atoms with Crippen LogP contribution >= 0.6 is 0 Å². The lowest BCUT2D eigenvalue weighted by Crippen LogP contribution is -2.27. The number of rotatable bonds is 4. The molecule has 0 amide bonds. The van der Waals surface area contributed by atoms with Gasteiger partial charge in [-0.15, -0.1) is 0 Å². The Kier molecular flexibility index (Phi) is 3.45. The Morgan fingerprint density at radius 2 is 2.12 bits per heavy atom. The third-order valence-corrected chi connectivity index (χ3v) is 2.55. The predicted octanol–water partition coefficient (Wildman–Crippen LogP) is 2.60. The quantitative estimate of drug-likeness (QED) is 0.859. The first-order chi connectivity index (χ1) is 8.06. The minimum absolute atomic E-state index is 0.298. The van der Waals surface area contributed by atoms with Crippen LogP contribution in [0.1, 0.15) is 25.7 Å². The molecule has 0 aliphatic heterocycles. The molecule has 2 N–H and O–H groups in total. The van der Waals surface area contributed by atoms with Gasteiger partial charge in [-0.3, -0.25) is 0 Å². The third kappa shape index (κ3) is 2.84. The van der Waals surface area contributed by atoms with Crippen LogP contribution in [0.15, 0.2) is 28.7 Å². The van der Waals surface area contributed by atoms with Crippen molar-refractivity contribution in [2.24, 2.45) is 0 Å². The first kappa shape index (κ1) is 12.1. The summed E-state index contributed by atoms with van der Waals surface area (Å²) >= 11 is 0. The highest BCUT2D eigenvalue weighted by atomic mass is 19.1. The fourth-order valence-electron chi connectivity index (χ4n) is 1.65. The van der Waals surface area contributed by atoms with E-state index in [4.69, 9.17) is 4.42 Å². The summed E-state index contributed by atoms with van der Waals surface area (Å²) in [6.07, 6.45) is -0.715. The van der Waals surface area contributed by atoms with Gasteiger partial charge < -0.3 is 14.8 Å². The van der Waals surface area contributed by atoms with E-state index in [9.17, 15) is 9.50 Å². The molecule has 0 aliphatic carbocycles. The molecule has 0 spiro atoms. The average Bonchev–Trinajstić information content (AvgIpc) is 2.68. The maximum atomic E-state index is 13.0. The molecular weight excluding hydrogens is 221 g/mol. The number of furan rings is 1. The van der Waals surface area contributed by atoms with E-state index in [1.165, 1.54) is 12.1 Å². The van der Waals surface area contributed by atoms with Gasteiger partial charge in [0.05, 0.1) is 0 Å². The Bertz CT molecular complexity index is 507. The van der Waals surface area contributed by atoms with Gasteiger partial charge in [0, 0.05) is 18.0 Å². The standard InChI is InChI=1S/C13H16FNO2/c1-8(2)15-7-11(16)13-6-9-5-10(14)3-4-12(9)17-13/h3-6,8,11,15-16H,7H2,1-2H3. The molecule has 0 bridgehead atoms. The largest absolute Gasteiger partial charge is 0.458 e. The maximum absolute atomic E-state index is 13.0. The molecule has 3 nitrogen and oxygen atoms in total. The van der Waals surface area contributed by atoms with Crippen LogP contribution in [-0.2, 0) is 0 Å². The lowest BCUT2D eigenvalue weighted by atomic mass is 10.2. The maximum Gasteiger partial charge on any atom is 0.135 e. The zero-order valence-corrected chi connectivity index (χ0v) is 9.90. The predicted molar refractivity (Wildman–Crippen MR) is 64.3 cm³/mol. The number of hydrogen-bond donors (Lipinski definition) is 2. The van der Waals surface area contributed by atoms with Gasteiger partial charge in [0.1, 0.15) is 23.3 Å². The highest BCUT2D eigenvalue weighted by Gasteiger charge is 2.13. The van der Waals surface area contributed by atoms with Crippen LogP contribution in [0.25, 0.3) is 11.0 Å². The minimum Gasteiger partial charge on any atom is -0.458 e. The van der Waals surface area contributed by atoms with Crippen molar-refractivity contribution in [2.75, 3.05) is 6.54 Å². The number of benzene rings is 1. The van der Waals surface area contributed by atoms with E-state index < -0.39 is 6.10 Å². The van der Waals surface area contributed by atoms with Crippen LogP contribution in [0.3, 0.4) is 0 Å². The zero-order chi connectivity index (χ0) is 12.4. The Morgan fingerprint density at radius 3 is 2.82 bits per heavy atom. The van der Waals surface area contributed by atoms with Crippen LogP contribution in [0.4, 0.5) is 4.39 Å². The van der Waals surface area contributed by atoms with Crippen molar-refractivity contribution in [1.82, 2.24) is 5.32 Å². The van der Waals surface area contributed by atoms with E-state index in [1.807, 2.05) is 13.8 Å². The van der Waals surface area contributed by atoms with E-state index in [0.29, 0.717) is 29.3 Å². The highest BCUT2D eigenvalue weighted by Crippen LogP contribution is 2.24. The normalized spacial score (nSPS) is 13.5. The summed E-state index contributed by atoms with van der Waals surface area (Å²) in [6, 6.07) is 6.27. The van der Waals surface area contributed by atoms with Crippen molar-refractivity contribution in [1.29, 1.82) is 0 Å². The summed E-state index contributed by atoms with van der Waals surface area (Å²) in [4.78, 5) is 0. The van der Waals surface area contributed by atoms with Crippen LogP contribution in [0.5, 0.6) is 0 Å². The summed E-state index contributed by atoms with van der Waals surface area (Å²) in [6.45, 7) is 4.42. The lowest BCUT2D eigenvalue weighted by molar-refractivity contribution is 0.147. The molecule has 1 heterocycles. The first-order valence-corrected chi connectivity index (χ1v) is 5.66. The molecule has 0 radical (unpaired) electrons. The molecule has 0 aliphatic rings.